The number of anilines is 2. The van der Waals surface area contributed by atoms with Crippen molar-refractivity contribution in [3.63, 3.8) is 0 Å². The van der Waals surface area contributed by atoms with Crippen LogP contribution in [-0.2, 0) is 4.79 Å². The van der Waals surface area contributed by atoms with Gasteiger partial charge in [-0.25, -0.2) is 18.0 Å². The Morgan fingerprint density at radius 2 is 1.83 bits per heavy atom. The molecule has 0 unspecified atom stereocenters. The van der Waals surface area contributed by atoms with Gasteiger partial charge in [0.25, 0.3) is 6.43 Å². The first-order chi connectivity index (χ1) is 10.9. The summed E-state index contributed by atoms with van der Waals surface area (Å²) in [6.07, 6.45) is -2.77. The average molecular weight is 345 g/mol. The fourth-order valence-electron chi connectivity index (χ4n) is 1.41. The first-order valence-electron chi connectivity index (χ1n) is 6.16. The molecule has 3 amide bonds. The van der Waals surface area contributed by atoms with E-state index in [4.69, 9.17) is 0 Å². The Kier molecular flexibility index (Phi) is 5.46. The highest BCUT2D eigenvalue weighted by atomic mass is 32.1. The molecule has 0 spiro atoms. The number of hydrogen-bond donors (Lipinski definition) is 3. The Morgan fingerprint density at radius 3 is 2.43 bits per heavy atom. The summed E-state index contributed by atoms with van der Waals surface area (Å²) < 4.78 is 37.3. The molecule has 1 aromatic heterocycles. The number of alkyl halides is 2. The van der Waals surface area contributed by atoms with Gasteiger partial charge in [0.15, 0.2) is 5.01 Å². The molecule has 1 aromatic carbocycles. The number of nitrogens with one attached hydrogen (secondary N) is 3. The van der Waals surface area contributed by atoms with Gasteiger partial charge >= 0.3 is 6.03 Å². The minimum Gasteiger partial charge on any atom is -0.329 e. The molecule has 11 heteroatoms. The number of urea groups is 1. The van der Waals surface area contributed by atoms with Gasteiger partial charge in [-0.05, 0) is 24.3 Å². The number of rotatable bonds is 5. The maximum Gasteiger partial charge on any atom is 0.321 e. The van der Waals surface area contributed by atoms with Crippen LogP contribution in [0.5, 0.6) is 0 Å². The zero-order valence-corrected chi connectivity index (χ0v) is 12.2. The lowest BCUT2D eigenvalue weighted by Gasteiger charge is -2.06. The molecule has 0 saturated heterocycles. The molecule has 122 valence electrons. The molecule has 0 atom stereocenters. The largest absolute Gasteiger partial charge is 0.329 e. The molecule has 23 heavy (non-hydrogen) atoms. The summed E-state index contributed by atoms with van der Waals surface area (Å²) in [5, 5.41) is 12.7. The van der Waals surface area contributed by atoms with Crippen molar-refractivity contribution in [2.24, 2.45) is 0 Å². The van der Waals surface area contributed by atoms with Crippen LogP contribution in [0.4, 0.5) is 28.8 Å². The molecule has 0 aliphatic carbocycles. The van der Waals surface area contributed by atoms with Gasteiger partial charge in [-0.15, -0.1) is 10.2 Å². The van der Waals surface area contributed by atoms with Gasteiger partial charge in [-0.3, -0.25) is 10.1 Å². The lowest BCUT2D eigenvalue weighted by molar-refractivity contribution is -0.115. The van der Waals surface area contributed by atoms with Crippen LogP contribution in [0.3, 0.4) is 0 Å². The van der Waals surface area contributed by atoms with Gasteiger partial charge in [0.1, 0.15) is 5.82 Å². The molecule has 2 rings (SSSR count). The topological polar surface area (TPSA) is 96.0 Å². The molecular weight excluding hydrogens is 335 g/mol. The van der Waals surface area contributed by atoms with Crippen molar-refractivity contribution in [1.82, 2.24) is 15.5 Å². The Labute approximate surface area is 131 Å². The van der Waals surface area contributed by atoms with Crippen LogP contribution in [0.15, 0.2) is 24.3 Å². The van der Waals surface area contributed by atoms with Crippen LogP contribution in [0.25, 0.3) is 0 Å². The van der Waals surface area contributed by atoms with E-state index in [1.165, 1.54) is 24.3 Å². The third-order valence-electron chi connectivity index (χ3n) is 2.39. The standard InChI is InChI=1S/C12H10F3N5O2S/c13-6-1-3-7(4-2-6)17-8(21)5-16-11(22)18-12-20-19-10(23-12)9(14)15/h1-4,9H,5H2,(H,17,21)(H2,16,18,20,22). The van der Waals surface area contributed by atoms with E-state index in [0.717, 1.165) is 0 Å². The Hall–Kier alpha value is -2.69. The van der Waals surface area contributed by atoms with E-state index in [-0.39, 0.29) is 11.7 Å². The number of halogens is 3. The highest BCUT2D eigenvalue weighted by molar-refractivity contribution is 7.15. The summed E-state index contributed by atoms with van der Waals surface area (Å²) >= 11 is 0.527. The molecule has 0 bridgehead atoms. The highest BCUT2D eigenvalue weighted by Gasteiger charge is 2.15. The molecule has 1 heterocycles. The summed E-state index contributed by atoms with van der Waals surface area (Å²) in [7, 11) is 0. The van der Waals surface area contributed by atoms with Crippen LogP contribution >= 0.6 is 11.3 Å². The molecular formula is C12H10F3N5O2S. The van der Waals surface area contributed by atoms with Gasteiger partial charge < -0.3 is 10.6 Å². The zero-order chi connectivity index (χ0) is 16.8. The number of nitrogens with zero attached hydrogens (tertiary/aromatic N) is 2. The Bertz CT molecular complexity index is 692. The highest BCUT2D eigenvalue weighted by Crippen LogP contribution is 2.24. The summed E-state index contributed by atoms with van der Waals surface area (Å²) in [5.74, 6) is -0.988. The maximum absolute atomic E-state index is 12.7. The van der Waals surface area contributed by atoms with Gasteiger partial charge in [-0.1, -0.05) is 11.3 Å². The second kappa shape index (κ2) is 7.54. The fraction of sp³-hybridized carbons (Fsp3) is 0.167. The van der Waals surface area contributed by atoms with E-state index in [2.05, 4.69) is 26.1 Å². The number of hydrogen-bond acceptors (Lipinski definition) is 5. The minimum atomic E-state index is -2.77. The minimum absolute atomic E-state index is 0.114. The van der Waals surface area contributed by atoms with Crippen molar-refractivity contribution in [1.29, 1.82) is 0 Å². The summed E-state index contributed by atoms with van der Waals surface area (Å²) in [4.78, 5) is 23.1. The van der Waals surface area contributed by atoms with Crippen molar-refractivity contribution >= 4 is 34.1 Å². The molecule has 0 radical (unpaired) electrons. The quantitative estimate of drug-likeness (QED) is 0.775. The molecule has 0 saturated carbocycles. The summed E-state index contributed by atoms with van der Waals surface area (Å²) in [6.45, 7) is -0.371. The van der Waals surface area contributed by atoms with Crippen LogP contribution in [0.1, 0.15) is 11.4 Å². The van der Waals surface area contributed by atoms with Gasteiger partial charge in [0.2, 0.25) is 11.0 Å². The van der Waals surface area contributed by atoms with Gasteiger partial charge in [0.05, 0.1) is 6.54 Å². The van der Waals surface area contributed by atoms with E-state index in [1.807, 2.05) is 0 Å². The van der Waals surface area contributed by atoms with Crippen LogP contribution in [0.2, 0.25) is 0 Å². The lowest BCUT2D eigenvalue weighted by atomic mass is 10.3. The summed E-state index contributed by atoms with van der Waals surface area (Å²) in [5.41, 5.74) is 0.365. The van der Waals surface area contributed by atoms with E-state index >= 15 is 0 Å². The van der Waals surface area contributed by atoms with Crippen LogP contribution in [-0.4, -0.2) is 28.7 Å². The second-order valence-corrected chi connectivity index (χ2v) is 5.12. The van der Waals surface area contributed by atoms with E-state index in [9.17, 15) is 22.8 Å². The molecule has 7 nitrogen and oxygen atoms in total. The van der Waals surface area contributed by atoms with E-state index in [1.54, 1.807) is 0 Å². The molecule has 0 fully saturated rings. The lowest BCUT2D eigenvalue weighted by Crippen LogP contribution is -2.35. The fourth-order valence-corrected chi connectivity index (χ4v) is 2.01. The molecule has 0 aliphatic rings. The van der Waals surface area contributed by atoms with Gasteiger partial charge in [0, 0.05) is 5.69 Å². The van der Waals surface area contributed by atoms with E-state index < -0.39 is 29.2 Å². The first kappa shape index (κ1) is 16.7. The van der Waals surface area contributed by atoms with Crippen molar-refractivity contribution in [2.75, 3.05) is 17.2 Å². The normalized spacial score (nSPS) is 10.4. The first-order valence-corrected chi connectivity index (χ1v) is 6.97. The SMILES string of the molecule is O=C(CNC(=O)Nc1nnc(C(F)F)s1)Nc1ccc(F)cc1. The third-order valence-corrected chi connectivity index (χ3v) is 3.23. The van der Waals surface area contributed by atoms with Gasteiger partial charge in [-0.2, -0.15) is 0 Å². The van der Waals surface area contributed by atoms with Crippen LogP contribution in [0, 0.1) is 5.82 Å². The number of aromatic nitrogens is 2. The Morgan fingerprint density at radius 1 is 1.13 bits per heavy atom. The van der Waals surface area contributed by atoms with Crippen LogP contribution < -0.4 is 16.0 Å². The predicted octanol–water partition coefficient (Wildman–Crippen LogP) is 2.38. The monoisotopic (exact) mass is 345 g/mol. The third kappa shape index (κ3) is 5.21. The molecule has 2 aromatic rings. The molecule has 0 aliphatic heterocycles. The number of amides is 3. The maximum atomic E-state index is 12.7. The Balaban J connectivity index is 1.77. The molecule has 3 N–H and O–H groups in total. The smallest absolute Gasteiger partial charge is 0.321 e. The average Bonchev–Trinajstić information content (AvgIpc) is 2.96. The van der Waals surface area contributed by atoms with E-state index in [0.29, 0.717) is 17.0 Å². The zero-order valence-electron chi connectivity index (χ0n) is 11.3. The van der Waals surface area contributed by atoms with Crippen molar-refractivity contribution in [3.8, 4) is 0 Å². The summed E-state index contributed by atoms with van der Waals surface area (Å²) in [6, 6.07) is 4.27. The number of carbonyl (C=O) groups excluding carboxylic acids is 2. The number of carbonyl (C=O) groups is 2. The predicted molar refractivity (Wildman–Crippen MR) is 76.9 cm³/mol. The van der Waals surface area contributed by atoms with Crippen molar-refractivity contribution < 1.29 is 22.8 Å². The number of benzene rings is 1. The second-order valence-electron chi connectivity index (χ2n) is 4.11. The van der Waals surface area contributed by atoms with Crippen molar-refractivity contribution in [3.05, 3.63) is 35.1 Å². The van der Waals surface area contributed by atoms with Crippen molar-refractivity contribution in [2.45, 2.75) is 6.43 Å².